The van der Waals surface area contributed by atoms with Gasteiger partial charge in [-0.15, -0.1) is 0 Å². The molecule has 1 aliphatic heterocycles. The average molecular weight is 356 g/mol. The van der Waals surface area contributed by atoms with Crippen LogP contribution >= 0.6 is 0 Å². The van der Waals surface area contributed by atoms with Crippen molar-refractivity contribution in [2.45, 2.75) is 26.1 Å². The van der Waals surface area contributed by atoms with Gasteiger partial charge in [0.25, 0.3) is 5.91 Å². The quantitative estimate of drug-likeness (QED) is 0.817. The van der Waals surface area contributed by atoms with Crippen LogP contribution in [0.4, 0.5) is 0 Å². The van der Waals surface area contributed by atoms with Crippen LogP contribution in [0.3, 0.4) is 0 Å². The summed E-state index contributed by atoms with van der Waals surface area (Å²) in [7, 11) is -1.87. The monoisotopic (exact) mass is 356 g/mol. The number of sulfonamides is 1. The molecule has 0 aliphatic carbocycles. The largest absolute Gasteiger partial charge is 0.497 e. The Morgan fingerprint density at radius 2 is 1.83 bits per heavy atom. The lowest BCUT2D eigenvalue weighted by Crippen LogP contribution is -2.49. The molecule has 1 saturated heterocycles. The molecular weight excluding hydrogens is 332 g/mol. The number of methoxy groups -OCH3 is 1. The summed E-state index contributed by atoms with van der Waals surface area (Å²) >= 11 is 0. The Bertz CT molecular complexity index is 650. The van der Waals surface area contributed by atoms with Crippen molar-refractivity contribution in [3.63, 3.8) is 0 Å². The third-order valence-electron chi connectivity index (χ3n) is 3.78. The van der Waals surface area contributed by atoms with E-state index < -0.39 is 10.0 Å². The average Bonchev–Trinajstić information content (AvgIpc) is 2.53. The summed E-state index contributed by atoms with van der Waals surface area (Å²) in [4.78, 5) is 12.0. The maximum Gasteiger partial charge on any atom is 0.251 e. The van der Waals surface area contributed by atoms with E-state index in [1.165, 1.54) is 4.31 Å². The summed E-state index contributed by atoms with van der Waals surface area (Å²) in [6.07, 6.45) is -0.255. The van der Waals surface area contributed by atoms with Gasteiger partial charge >= 0.3 is 0 Å². The number of ether oxygens (including phenoxy) is 2. The van der Waals surface area contributed by atoms with Crippen LogP contribution in [0.5, 0.6) is 5.75 Å². The predicted octanol–water partition coefficient (Wildman–Crippen LogP) is 0.864. The van der Waals surface area contributed by atoms with Crippen LogP contribution in [0.1, 0.15) is 24.2 Å². The topological polar surface area (TPSA) is 84.9 Å². The molecule has 0 unspecified atom stereocenters. The molecule has 2 rings (SSSR count). The smallest absolute Gasteiger partial charge is 0.251 e. The molecule has 0 aromatic heterocycles. The number of carbonyl (C=O) groups excluding carboxylic acids is 1. The first kappa shape index (κ1) is 18.7. The van der Waals surface area contributed by atoms with Gasteiger partial charge in [-0.25, -0.2) is 8.42 Å². The molecular formula is C16H24N2O5S. The number of morpholine rings is 1. The van der Waals surface area contributed by atoms with E-state index in [1.807, 2.05) is 13.8 Å². The molecule has 134 valence electrons. The summed E-state index contributed by atoms with van der Waals surface area (Å²) in [6.45, 7) is 4.46. The van der Waals surface area contributed by atoms with Crippen LogP contribution in [0.25, 0.3) is 0 Å². The van der Waals surface area contributed by atoms with Crippen LogP contribution in [0.2, 0.25) is 0 Å². The van der Waals surface area contributed by atoms with Crippen molar-refractivity contribution in [3.8, 4) is 5.75 Å². The highest BCUT2D eigenvalue weighted by Gasteiger charge is 2.30. The van der Waals surface area contributed by atoms with Gasteiger partial charge in [0.1, 0.15) is 5.75 Å². The number of hydrogen-bond acceptors (Lipinski definition) is 5. The van der Waals surface area contributed by atoms with E-state index in [0.29, 0.717) is 24.4 Å². The molecule has 0 spiro atoms. The van der Waals surface area contributed by atoms with Crippen molar-refractivity contribution >= 4 is 15.9 Å². The van der Waals surface area contributed by atoms with E-state index in [1.54, 1.807) is 31.4 Å². The van der Waals surface area contributed by atoms with Crippen molar-refractivity contribution < 1.29 is 22.7 Å². The molecule has 0 bridgehead atoms. The van der Waals surface area contributed by atoms with Gasteiger partial charge in [0.2, 0.25) is 10.0 Å². The minimum absolute atomic E-state index is 0.0628. The third kappa shape index (κ3) is 4.93. The Morgan fingerprint density at radius 3 is 2.38 bits per heavy atom. The van der Waals surface area contributed by atoms with Gasteiger partial charge in [0.15, 0.2) is 0 Å². The first-order valence-electron chi connectivity index (χ1n) is 7.87. The molecule has 1 heterocycles. The summed E-state index contributed by atoms with van der Waals surface area (Å²) in [5.41, 5.74) is 0.460. The number of carbonyl (C=O) groups is 1. The Balaban J connectivity index is 1.86. The molecule has 0 radical (unpaired) electrons. The molecule has 1 amide bonds. The highest BCUT2D eigenvalue weighted by molar-refractivity contribution is 7.89. The van der Waals surface area contributed by atoms with Crippen molar-refractivity contribution in [2.75, 3.05) is 32.5 Å². The van der Waals surface area contributed by atoms with E-state index in [-0.39, 0.29) is 30.4 Å². The molecule has 1 N–H and O–H groups in total. The molecule has 7 nitrogen and oxygen atoms in total. The van der Waals surface area contributed by atoms with Gasteiger partial charge in [-0.2, -0.15) is 4.31 Å². The Kier molecular flexibility index (Phi) is 6.20. The number of rotatable bonds is 6. The van der Waals surface area contributed by atoms with Gasteiger partial charge in [-0.3, -0.25) is 4.79 Å². The number of nitrogens with zero attached hydrogens (tertiary/aromatic N) is 1. The Labute approximate surface area is 143 Å². The molecule has 1 aliphatic rings. The lowest BCUT2D eigenvalue weighted by Gasteiger charge is -2.34. The Morgan fingerprint density at radius 1 is 1.25 bits per heavy atom. The van der Waals surface area contributed by atoms with E-state index in [2.05, 4.69) is 5.32 Å². The van der Waals surface area contributed by atoms with Crippen LogP contribution in [0.15, 0.2) is 24.3 Å². The normalized spacial score (nSPS) is 22.1. The van der Waals surface area contributed by atoms with Crippen molar-refractivity contribution in [1.82, 2.24) is 9.62 Å². The van der Waals surface area contributed by atoms with Crippen LogP contribution in [0, 0.1) is 0 Å². The zero-order valence-electron chi connectivity index (χ0n) is 14.2. The first-order valence-corrected chi connectivity index (χ1v) is 9.48. The number of nitrogens with one attached hydrogen (secondary N) is 1. The fourth-order valence-corrected chi connectivity index (χ4v) is 4.12. The SMILES string of the molecule is COc1ccc(C(=O)NCCS(=O)(=O)N2C[C@H](C)O[C@@H](C)C2)cc1. The minimum Gasteiger partial charge on any atom is -0.497 e. The van der Waals surface area contributed by atoms with Gasteiger partial charge in [-0.1, -0.05) is 0 Å². The zero-order chi connectivity index (χ0) is 17.7. The first-order chi connectivity index (χ1) is 11.3. The fraction of sp³-hybridized carbons (Fsp3) is 0.562. The highest BCUT2D eigenvalue weighted by atomic mass is 32.2. The van der Waals surface area contributed by atoms with Crippen molar-refractivity contribution in [2.24, 2.45) is 0 Å². The second-order valence-corrected chi connectivity index (χ2v) is 7.96. The summed E-state index contributed by atoms with van der Waals surface area (Å²) in [5, 5.41) is 2.64. The van der Waals surface area contributed by atoms with Crippen LogP contribution < -0.4 is 10.1 Å². The third-order valence-corrected chi connectivity index (χ3v) is 5.58. The predicted molar refractivity (Wildman–Crippen MR) is 90.7 cm³/mol. The molecule has 8 heteroatoms. The van der Waals surface area contributed by atoms with Gasteiger partial charge in [0, 0.05) is 25.2 Å². The van der Waals surface area contributed by atoms with Crippen LogP contribution in [-0.4, -0.2) is 63.3 Å². The maximum atomic E-state index is 12.4. The number of benzene rings is 1. The van der Waals surface area contributed by atoms with Crippen molar-refractivity contribution in [3.05, 3.63) is 29.8 Å². The van der Waals surface area contributed by atoms with Crippen LogP contribution in [-0.2, 0) is 14.8 Å². The number of amides is 1. The zero-order valence-corrected chi connectivity index (χ0v) is 15.0. The Hall–Kier alpha value is -1.64. The second-order valence-electron chi connectivity index (χ2n) is 5.87. The minimum atomic E-state index is -3.42. The number of hydrogen-bond donors (Lipinski definition) is 1. The molecule has 2 atom stereocenters. The van der Waals surface area contributed by atoms with Gasteiger partial charge < -0.3 is 14.8 Å². The summed E-state index contributed by atoms with van der Waals surface area (Å²) < 4.78 is 36.8. The standard InChI is InChI=1S/C16H24N2O5S/c1-12-10-18(11-13(2)23-12)24(20,21)9-8-17-16(19)14-4-6-15(22-3)7-5-14/h4-7,12-13H,8-11H2,1-3H3,(H,17,19)/t12-,13-/m0/s1. The van der Waals surface area contributed by atoms with Gasteiger partial charge in [0.05, 0.1) is 25.1 Å². The molecule has 1 fully saturated rings. The van der Waals surface area contributed by atoms with E-state index >= 15 is 0 Å². The summed E-state index contributed by atoms with van der Waals surface area (Å²) in [6, 6.07) is 6.63. The lowest BCUT2D eigenvalue weighted by atomic mass is 10.2. The maximum absolute atomic E-state index is 12.4. The molecule has 0 saturated carbocycles. The molecule has 24 heavy (non-hydrogen) atoms. The van der Waals surface area contributed by atoms with E-state index in [4.69, 9.17) is 9.47 Å². The fourth-order valence-electron chi connectivity index (χ4n) is 2.62. The molecule has 1 aromatic rings. The second kappa shape index (κ2) is 7.96. The lowest BCUT2D eigenvalue weighted by molar-refractivity contribution is -0.0440. The van der Waals surface area contributed by atoms with E-state index in [9.17, 15) is 13.2 Å². The van der Waals surface area contributed by atoms with E-state index in [0.717, 1.165) is 0 Å². The highest BCUT2D eigenvalue weighted by Crippen LogP contribution is 2.15. The van der Waals surface area contributed by atoms with Crippen molar-refractivity contribution in [1.29, 1.82) is 0 Å². The summed E-state index contributed by atoms with van der Waals surface area (Å²) in [5.74, 6) is 0.218. The van der Waals surface area contributed by atoms with Gasteiger partial charge in [-0.05, 0) is 38.1 Å². The molecule has 1 aromatic carbocycles.